The van der Waals surface area contributed by atoms with Crippen molar-refractivity contribution in [2.24, 2.45) is 5.73 Å². The highest BCUT2D eigenvalue weighted by molar-refractivity contribution is 7.80. The molecule has 0 aliphatic heterocycles. The highest BCUT2D eigenvalue weighted by Crippen LogP contribution is 2.29. The van der Waals surface area contributed by atoms with Gasteiger partial charge in [-0.25, -0.2) is 0 Å². The zero-order chi connectivity index (χ0) is 9.84. The Labute approximate surface area is 82.1 Å². The fraction of sp³-hybridized carbons (Fsp3) is 0.222. The van der Waals surface area contributed by atoms with Crippen LogP contribution < -0.4 is 10.5 Å². The molecule has 1 aromatic carbocycles. The van der Waals surface area contributed by atoms with Crippen molar-refractivity contribution in [3.8, 4) is 11.5 Å². The molecule has 0 bridgehead atoms. The van der Waals surface area contributed by atoms with Gasteiger partial charge in [-0.1, -0.05) is 18.3 Å². The number of ether oxygens (including phenoxy) is 1. The van der Waals surface area contributed by atoms with Crippen LogP contribution in [-0.4, -0.2) is 16.7 Å². The van der Waals surface area contributed by atoms with Gasteiger partial charge in [0.25, 0.3) is 0 Å². The Hall–Kier alpha value is -1.29. The first-order chi connectivity index (χ1) is 6.16. The molecule has 1 aromatic rings. The Morgan fingerprint density at radius 3 is 2.85 bits per heavy atom. The number of benzene rings is 1. The van der Waals surface area contributed by atoms with Crippen LogP contribution in [0.3, 0.4) is 0 Å². The molecule has 0 amide bonds. The van der Waals surface area contributed by atoms with E-state index in [1.165, 1.54) is 0 Å². The first-order valence-electron chi connectivity index (χ1n) is 3.91. The average Bonchev–Trinajstić information content (AvgIpc) is 2.08. The third-order valence-electron chi connectivity index (χ3n) is 1.56. The normalized spacial score (nSPS) is 9.62. The minimum absolute atomic E-state index is 0.0110. The van der Waals surface area contributed by atoms with Gasteiger partial charge in [-0.2, -0.15) is 0 Å². The molecule has 1 rings (SSSR count). The Bertz CT molecular complexity index is 325. The second kappa shape index (κ2) is 4.09. The summed E-state index contributed by atoms with van der Waals surface area (Å²) in [6.45, 7) is 2.33. The van der Waals surface area contributed by atoms with Gasteiger partial charge in [0.2, 0.25) is 0 Å². The first kappa shape index (κ1) is 9.80. The molecular formula is C9H11NO2S. The van der Waals surface area contributed by atoms with Crippen LogP contribution >= 0.6 is 12.2 Å². The van der Waals surface area contributed by atoms with Crippen molar-refractivity contribution < 1.29 is 9.84 Å². The van der Waals surface area contributed by atoms with E-state index in [4.69, 9.17) is 22.7 Å². The molecule has 70 valence electrons. The van der Waals surface area contributed by atoms with Crippen LogP contribution in [0.1, 0.15) is 12.5 Å². The van der Waals surface area contributed by atoms with Crippen molar-refractivity contribution in [1.82, 2.24) is 0 Å². The van der Waals surface area contributed by atoms with Gasteiger partial charge in [0.05, 0.1) is 12.2 Å². The quantitative estimate of drug-likeness (QED) is 0.720. The van der Waals surface area contributed by atoms with Gasteiger partial charge in [-0.3, -0.25) is 0 Å². The predicted molar refractivity (Wildman–Crippen MR) is 55.2 cm³/mol. The van der Waals surface area contributed by atoms with E-state index in [2.05, 4.69) is 0 Å². The maximum atomic E-state index is 9.60. The number of phenolic OH excluding ortho intramolecular Hbond substituents is 1. The molecule has 0 atom stereocenters. The molecule has 3 nitrogen and oxygen atoms in total. The van der Waals surface area contributed by atoms with Crippen molar-refractivity contribution in [2.45, 2.75) is 6.92 Å². The summed E-state index contributed by atoms with van der Waals surface area (Å²) in [4.78, 5) is 0.166. The van der Waals surface area contributed by atoms with Crippen molar-refractivity contribution in [3.63, 3.8) is 0 Å². The molecule has 0 aromatic heterocycles. The van der Waals surface area contributed by atoms with Gasteiger partial charge in [-0.05, 0) is 19.1 Å². The SMILES string of the molecule is CCOc1cccc(C(N)=S)c1O. The van der Waals surface area contributed by atoms with E-state index in [1.807, 2.05) is 6.92 Å². The number of hydrogen-bond acceptors (Lipinski definition) is 3. The number of phenols is 1. The minimum atomic E-state index is 0.0110. The number of aromatic hydroxyl groups is 1. The summed E-state index contributed by atoms with van der Waals surface area (Å²) in [5.41, 5.74) is 5.84. The highest BCUT2D eigenvalue weighted by Gasteiger charge is 2.08. The summed E-state index contributed by atoms with van der Waals surface area (Å²) >= 11 is 4.76. The van der Waals surface area contributed by atoms with Crippen molar-refractivity contribution >= 4 is 17.2 Å². The summed E-state index contributed by atoms with van der Waals surface area (Å²) in [5, 5.41) is 9.60. The molecular weight excluding hydrogens is 186 g/mol. The van der Waals surface area contributed by atoms with E-state index >= 15 is 0 Å². The lowest BCUT2D eigenvalue weighted by Crippen LogP contribution is -2.09. The van der Waals surface area contributed by atoms with Crippen molar-refractivity contribution in [3.05, 3.63) is 23.8 Å². The van der Waals surface area contributed by atoms with Crippen LogP contribution in [-0.2, 0) is 0 Å². The molecule has 3 N–H and O–H groups in total. The number of hydrogen-bond donors (Lipinski definition) is 2. The summed E-state index contributed by atoms with van der Waals surface area (Å²) in [6, 6.07) is 5.06. The fourth-order valence-electron chi connectivity index (χ4n) is 0.993. The van der Waals surface area contributed by atoms with Crippen LogP contribution in [0.2, 0.25) is 0 Å². The zero-order valence-electron chi connectivity index (χ0n) is 7.28. The number of para-hydroxylation sites is 1. The average molecular weight is 197 g/mol. The largest absolute Gasteiger partial charge is 0.504 e. The first-order valence-corrected chi connectivity index (χ1v) is 4.32. The van der Waals surface area contributed by atoms with Gasteiger partial charge in [0.1, 0.15) is 4.99 Å². The number of rotatable bonds is 3. The lowest BCUT2D eigenvalue weighted by molar-refractivity contribution is 0.318. The monoisotopic (exact) mass is 197 g/mol. The number of nitrogens with two attached hydrogens (primary N) is 1. The third-order valence-corrected chi connectivity index (χ3v) is 1.78. The maximum absolute atomic E-state index is 9.60. The molecule has 0 aliphatic carbocycles. The summed E-state index contributed by atoms with van der Waals surface area (Å²) in [6.07, 6.45) is 0. The molecule has 13 heavy (non-hydrogen) atoms. The zero-order valence-corrected chi connectivity index (χ0v) is 8.10. The molecule has 0 spiro atoms. The molecule has 0 unspecified atom stereocenters. The lowest BCUT2D eigenvalue weighted by Gasteiger charge is -2.08. The standard InChI is InChI=1S/C9H11NO2S/c1-2-12-7-5-3-4-6(8(7)11)9(10)13/h3-5,11H,2H2,1H3,(H2,10,13). The smallest absolute Gasteiger partial charge is 0.168 e. The van der Waals surface area contributed by atoms with Crippen molar-refractivity contribution in [2.75, 3.05) is 6.61 Å². The van der Waals surface area contributed by atoms with E-state index in [-0.39, 0.29) is 10.7 Å². The van der Waals surface area contributed by atoms with Gasteiger partial charge in [0.15, 0.2) is 11.5 Å². The minimum Gasteiger partial charge on any atom is -0.504 e. The predicted octanol–water partition coefficient (Wildman–Crippen LogP) is 1.43. The van der Waals surface area contributed by atoms with Crippen LogP contribution in [0.4, 0.5) is 0 Å². The Morgan fingerprint density at radius 1 is 1.62 bits per heavy atom. The third kappa shape index (κ3) is 2.09. The van der Waals surface area contributed by atoms with Crippen molar-refractivity contribution in [1.29, 1.82) is 0 Å². The maximum Gasteiger partial charge on any atom is 0.168 e. The second-order valence-corrected chi connectivity index (χ2v) is 2.89. The summed E-state index contributed by atoms with van der Waals surface area (Å²) in [7, 11) is 0. The van der Waals surface area contributed by atoms with Crippen LogP contribution in [0.15, 0.2) is 18.2 Å². The van der Waals surface area contributed by atoms with E-state index < -0.39 is 0 Å². The summed E-state index contributed by atoms with van der Waals surface area (Å²) < 4.78 is 5.16. The van der Waals surface area contributed by atoms with E-state index in [1.54, 1.807) is 18.2 Å². The van der Waals surface area contributed by atoms with Gasteiger partial charge in [0, 0.05) is 0 Å². The molecule has 0 heterocycles. The topological polar surface area (TPSA) is 55.5 Å². The molecule has 0 radical (unpaired) electrons. The molecule has 0 aliphatic rings. The summed E-state index contributed by atoms with van der Waals surface area (Å²) in [5.74, 6) is 0.421. The number of thiocarbonyl (C=S) groups is 1. The van der Waals surface area contributed by atoms with Gasteiger partial charge < -0.3 is 15.6 Å². The molecule has 0 fully saturated rings. The van der Waals surface area contributed by atoms with E-state index in [0.717, 1.165) is 0 Å². The second-order valence-electron chi connectivity index (χ2n) is 2.45. The molecule has 0 saturated carbocycles. The lowest BCUT2D eigenvalue weighted by atomic mass is 10.2. The van der Waals surface area contributed by atoms with Crippen LogP contribution in [0.25, 0.3) is 0 Å². The molecule has 4 heteroatoms. The highest BCUT2D eigenvalue weighted by atomic mass is 32.1. The Kier molecular flexibility index (Phi) is 3.08. The van der Waals surface area contributed by atoms with Crippen LogP contribution in [0, 0.1) is 0 Å². The van der Waals surface area contributed by atoms with E-state index in [0.29, 0.717) is 17.9 Å². The Balaban J connectivity index is 3.10. The Morgan fingerprint density at radius 2 is 2.31 bits per heavy atom. The van der Waals surface area contributed by atoms with Crippen LogP contribution in [0.5, 0.6) is 11.5 Å². The van der Waals surface area contributed by atoms with E-state index in [9.17, 15) is 5.11 Å². The van der Waals surface area contributed by atoms with Gasteiger partial charge in [-0.15, -0.1) is 0 Å². The fourth-order valence-corrected chi connectivity index (χ4v) is 1.16. The molecule has 0 saturated heterocycles. The van der Waals surface area contributed by atoms with Gasteiger partial charge >= 0.3 is 0 Å².